The summed E-state index contributed by atoms with van der Waals surface area (Å²) in [6.45, 7) is 8.41. The van der Waals surface area contributed by atoms with Gasteiger partial charge in [0.2, 0.25) is 15.9 Å². The molecule has 0 aliphatic rings. The van der Waals surface area contributed by atoms with E-state index in [0.29, 0.717) is 6.54 Å². The Kier molecular flexibility index (Phi) is 5.92. The van der Waals surface area contributed by atoms with Crippen molar-refractivity contribution in [2.24, 2.45) is 0 Å². The van der Waals surface area contributed by atoms with E-state index in [1.807, 2.05) is 6.92 Å². The van der Waals surface area contributed by atoms with Gasteiger partial charge < -0.3 is 5.32 Å². The molecule has 0 saturated carbocycles. The molecule has 2 N–H and O–H groups in total. The molecule has 0 heterocycles. The van der Waals surface area contributed by atoms with Crippen molar-refractivity contribution in [1.82, 2.24) is 10.0 Å². The summed E-state index contributed by atoms with van der Waals surface area (Å²) in [6.07, 6.45) is 0.812. The smallest absolute Gasteiger partial charge is 0.241 e. The normalized spacial score (nSPS) is 12.2. The van der Waals surface area contributed by atoms with Gasteiger partial charge in [-0.1, -0.05) is 39.8 Å². The van der Waals surface area contributed by atoms with E-state index in [1.165, 1.54) is 0 Å². The summed E-state index contributed by atoms with van der Waals surface area (Å²) in [6, 6.07) is 6.72. The van der Waals surface area contributed by atoms with Crippen LogP contribution in [0, 0.1) is 0 Å². The van der Waals surface area contributed by atoms with Crippen molar-refractivity contribution >= 4 is 15.9 Å². The van der Waals surface area contributed by atoms with Crippen LogP contribution in [-0.4, -0.2) is 27.4 Å². The average Bonchev–Trinajstić information content (AvgIpc) is 2.42. The number of nitrogens with one attached hydrogen (secondary N) is 2. The van der Waals surface area contributed by atoms with Gasteiger partial charge in [-0.25, -0.2) is 13.1 Å². The molecule has 1 amide bonds. The molecule has 118 valence electrons. The van der Waals surface area contributed by atoms with Gasteiger partial charge in [0.25, 0.3) is 0 Å². The van der Waals surface area contributed by atoms with Crippen LogP contribution in [0.2, 0.25) is 0 Å². The van der Waals surface area contributed by atoms with Gasteiger partial charge in [-0.2, -0.15) is 0 Å². The minimum Gasteiger partial charge on any atom is -0.355 e. The lowest BCUT2D eigenvalue weighted by Gasteiger charge is -2.19. The number of benzene rings is 1. The van der Waals surface area contributed by atoms with Crippen LogP contribution in [0.25, 0.3) is 0 Å². The van der Waals surface area contributed by atoms with Crippen LogP contribution in [0.4, 0.5) is 0 Å². The van der Waals surface area contributed by atoms with E-state index in [9.17, 15) is 13.2 Å². The maximum Gasteiger partial charge on any atom is 0.241 e. The Labute approximate surface area is 127 Å². The number of hydrogen-bond donors (Lipinski definition) is 2. The lowest BCUT2D eigenvalue weighted by atomic mass is 9.87. The van der Waals surface area contributed by atoms with Crippen LogP contribution < -0.4 is 10.0 Å². The average molecular weight is 312 g/mol. The van der Waals surface area contributed by atoms with Gasteiger partial charge in [-0.05, 0) is 29.5 Å². The molecule has 0 atom stereocenters. The molecule has 0 aromatic heterocycles. The number of carbonyl (C=O) groups excluding carboxylic acids is 1. The van der Waals surface area contributed by atoms with Crippen molar-refractivity contribution in [1.29, 1.82) is 0 Å². The highest BCUT2D eigenvalue weighted by Gasteiger charge is 2.18. The molecule has 1 aromatic carbocycles. The van der Waals surface area contributed by atoms with Crippen molar-refractivity contribution in [2.75, 3.05) is 13.1 Å². The highest BCUT2D eigenvalue weighted by atomic mass is 32.2. The van der Waals surface area contributed by atoms with Gasteiger partial charge in [0.05, 0.1) is 11.4 Å². The third-order valence-corrected chi connectivity index (χ3v) is 4.44. The third kappa shape index (κ3) is 5.47. The SMILES string of the molecule is CCCNC(=O)CNS(=O)(=O)c1ccc(C(C)(C)C)cc1. The Balaban J connectivity index is 2.73. The molecule has 0 bridgehead atoms. The first kappa shape index (κ1) is 17.7. The summed E-state index contributed by atoms with van der Waals surface area (Å²) in [5.41, 5.74) is 1.03. The van der Waals surface area contributed by atoms with E-state index >= 15 is 0 Å². The topological polar surface area (TPSA) is 75.3 Å². The molecule has 0 radical (unpaired) electrons. The minimum atomic E-state index is -3.65. The fourth-order valence-electron chi connectivity index (χ4n) is 1.70. The van der Waals surface area contributed by atoms with E-state index in [0.717, 1.165) is 12.0 Å². The molecule has 0 aliphatic carbocycles. The Hall–Kier alpha value is -1.40. The standard InChI is InChI=1S/C15H24N2O3S/c1-5-10-16-14(18)11-17-21(19,20)13-8-6-12(7-9-13)15(2,3)4/h6-9,17H,5,10-11H2,1-4H3,(H,16,18). The van der Waals surface area contributed by atoms with Gasteiger partial charge >= 0.3 is 0 Å². The van der Waals surface area contributed by atoms with E-state index < -0.39 is 10.0 Å². The van der Waals surface area contributed by atoms with Crippen molar-refractivity contribution in [3.05, 3.63) is 29.8 Å². The molecule has 0 spiro atoms. The Bertz CT molecular complexity index is 572. The molecule has 1 aromatic rings. The quantitative estimate of drug-likeness (QED) is 0.841. The summed E-state index contributed by atoms with van der Waals surface area (Å²) in [4.78, 5) is 11.6. The highest BCUT2D eigenvalue weighted by molar-refractivity contribution is 7.89. The van der Waals surface area contributed by atoms with E-state index in [1.54, 1.807) is 24.3 Å². The number of carbonyl (C=O) groups is 1. The predicted octanol–water partition coefficient (Wildman–Crippen LogP) is 1.79. The van der Waals surface area contributed by atoms with Gasteiger partial charge in [0, 0.05) is 6.54 Å². The summed E-state index contributed by atoms with van der Waals surface area (Å²) in [5.74, 6) is -0.327. The third-order valence-electron chi connectivity index (χ3n) is 3.03. The van der Waals surface area contributed by atoms with Crippen molar-refractivity contribution in [3.63, 3.8) is 0 Å². The van der Waals surface area contributed by atoms with Crippen LogP contribution in [0.1, 0.15) is 39.7 Å². The molecule has 0 saturated heterocycles. The molecule has 1 rings (SSSR count). The van der Waals surface area contributed by atoms with Crippen LogP contribution in [0.5, 0.6) is 0 Å². The molecule has 0 aliphatic heterocycles. The number of rotatable bonds is 6. The zero-order valence-corrected chi connectivity index (χ0v) is 13.9. The first-order valence-corrected chi connectivity index (χ1v) is 8.52. The van der Waals surface area contributed by atoms with Gasteiger partial charge in [0.15, 0.2) is 0 Å². The second-order valence-electron chi connectivity index (χ2n) is 5.95. The Morgan fingerprint density at radius 1 is 1.14 bits per heavy atom. The molecule has 0 fully saturated rings. The highest BCUT2D eigenvalue weighted by Crippen LogP contribution is 2.23. The Morgan fingerprint density at radius 3 is 2.19 bits per heavy atom. The molecule has 21 heavy (non-hydrogen) atoms. The summed E-state index contributed by atoms with van der Waals surface area (Å²) in [7, 11) is -3.65. The lowest BCUT2D eigenvalue weighted by molar-refractivity contribution is -0.119. The van der Waals surface area contributed by atoms with Gasteiger partial charge in [-0.3, -0.25) is 4.79 Å². The zero-order chi connectivity index (χ0) is 16.1. The first-order valence-electron chi connectivity index (χ1n) is 7.03. The summed E-state index contributed by atoms with van der Waals surface area (Å²) in [5, 5.41) is 2.62. The maximum absolute atomic E-state index is 12.1. The fourth-order valence-corrected chi connectivity index (χ4v) is 2.69. The molecular formula is C15H24N2O3S. The van der Waals surface area contributed by atoms with Crippen molar-refractivity contribution in [2.45, 2.75) is 44.4 Å². The predicted molar refractivity (Wildman–Crippen MR) is 83.6 cm³/mol. The summed E-state index contributed by atoms with van der Waals surface area (Å²) >= 11 is 0. The second kappa shape index (κ2) is 7.04. The molecule has 6 heteroatoms. The van der Waals surface area contributed by atoms with E-state index in [4.69, 9.17) is 0 Å². The van der Waals surface area contributed by atoms with E-state index in [2.05, 4.69) is 30.8 Å². The second-order valence-corrected chi connectivity index (χ2v) is 7.72. The van der Waals surface area contributed by atoms with Crippen LogP contribution in [0.15, 0.2) is 29.2 Å². The van der Waals surface area contributed by atoms with Crippen LogP contribution in [-0.2, 0) is 20.2 Å². The van der Waals surface area contributed by atoms with E-state index in [-0.39, 0.29) is 22.8 Å². The number of amides is 1. The lowest BCUT2D eigenvalue weighted by Crippen LogP contribution is -2.37. The van der Waals surface area contributed by atoms with Gasteiger partial charge in [-0.15, -0.1) is 0 Å². The maximum atomic E-state index is 12.1. The fraction of sp³-hybridized carbons (Fsp3) is 0.533. The van der Waals surface area contributed by atoms with Crippen LogP contribution >= 0.6 is 0 Å². The van der Waals surface area contributed by atoms with Crippen LogP contribution in [0.3, 0.4) is 0 Å². The largest absolute Gasteiger partial charge is 0.355 e. The van der Waals surface area contributed by atoms with Crippen molar-refractivity contribution < 1.29 is 13.2 Å². The molecule has 5 nitrogen and oxygen atoms in total. The number of hydrogen-bond acceptors (Lipinski definition) is 3. The zero-order valence-electron chi connectivity index (χ0n) is 13.1. The van der Waals surface area contributed by atoms with Crippen molar-refractivity contribution in [3.8, 4) is 0 Å². The number of sulfonamides is 1. The molecular weight excluding hydrogens is 288 g/mol. The Morgan fingerprint density at radius 2 is 1.71 bits per heavy atom. The minimum absolute atomic E-state index is 0.0320. The van der Waals surface area contributed by atoms with Gasteiger partial charge in [0.1, 0.15) is 0 Å². The molecule has 0 unspecified atom stereocenters. The summed E-state index contributed by atoms with van der Waals surface area (Å²) < 4.78 is 26.5. The first-order chi connectivity index (χ1) is 9.66. The monoisotopic (exact) mass is 312 g/mol.